The predicted molar refractivity (Wildman–Crippen MR) is 189 cm³/mol. The van der Waals surface area contributed by atoms with Crippen molar-refractivity contribution in [3.05, 3.63) is 71.8 Å². The second kappa shape index (κ2) is 20.0. The summed E-state index contributed by atoms with van der Waals surface area (Å²) in [6.07, 6.45) is -0.904. The number of Topliss-reactive ketones (excluding diaryl/α,β-unsaturated/α-hetero) is 1. The molecule has 0 saturated carbocycles. The number of primary amides is 1. The Morgan fingerprint density at radius 2 is 1.36 bits per heavy atom. The summed E-state index contributed by atoms with van der Waals surface area (Å²) in [4.78, 5) is 89.5. The fourth-order valence-electron chi connectivity index (χ4n) is 5.41. The van der Waals surface area contributed by atoms with Crippen molar-refractivity contribution in [2.24, 2.45) is 11.7 Å². The molecule has 1 heterocycles. The highest BCUT2D eigenvalue weighted by molar-refractivity contribution is 7.80. The SMILES string of the molecule is CC(C)C[C@H](NC(=O)CC(=O)N[C@H](Cc1ccccc1)NC(=O)[C@H](Cc1ccccc1)NC(=O)[C@@H]1CC(=O)CN1)C(=O)N[C@@H](CCS)C(N)=O. The van der Waals surface area contributed by atoms with Gasteiger partial charge in [0.2, 0.25) is 35.4 Å². The van der Waals surface area contributed by atoms with Crippen LogP contribution in [0.25, 0.3) is 0 Å². The molecule has 2 aromatic rings. The van der Waals surface area contributed by atoms with Crippen LogP contribution in [0.2, 0.25) is 0 Å². The van der Waals surface area contributed by atoms with Gasteiger partial charge in [-0.2, -0.15) is 12.6 Å². The molecule has 0 radical (unpaired) electrons. The molecule has 5 atom stereocenters. The molecule has 6 amide bonds. The number of benzene rings is 2. The Morgan fingerprint density at radius 3 is 1.90 bits per heavy atom. The van der Waals surface area contributed by atoms with E-state index in [-0.39, 0.29) is 50.4 Å². The van der Waals surface area contributed by atoms with E-state index in [1.165, 1.54) is 0 Å². The molecule has 0 spiro atoms. The van der Waals surface area contributed by atoms with Gasteiger partial charge in [-0.1, -0.05) is 74.5 Å². The van der Waals surface area contributed by atoms with Gasteiger partial charge in [0, 0.05) is 19.3 Å². The topological polar surface area (TPSA) is 218 Å². The average molecular weight is 710 g/mol. The van der Waals surface area contributed by atoms with Crippen LogP contribution in [0.3, 0.4) is 0 Å². The summed E-state index contributed by atoms with van der Waals surface area (Å²) >= 11 is 4.09. The van der Waals surface area contributed by atoms with Gasteiger partial charge < -0.3 is 32.3 Å². The van der Waals surface area contributed by atoms with E-state index >= 15 is 0 Å². The second-order valence-electron chi connectivity index (χ2n) is 12.6. The molecule has 1 aliphatic rings. The van der Waals surface area contributed by atoms with Gasteiger partial charge in [-0.15, -0.1) is 0 Å². The molecule has 50 heavy (non-hydrogen) atoms. The largest absolute Gasteiger partial charge is 0.368 e. The Bertz CT molecular complexity index is 1490. The normalized spacial score (nSPS) is 16.4. The van der Waals surface area contributed by atoms with Crippen LogP contribution >= 0.6 is 12.6 Å². The predicted octanol–water partition coefficient (Wildman–Crippen LogP) is -0.343. The van der Waals surface area contributed by atoms with Gasteiger partial charge in [0.1, 0.15) is 36.5 Å². The van der Waals surface area contributed by atoms with E-state index in [0.717, 1.165) is 11.1 Å². The minimum atomic E-state index is -1.05. The minimum absolute atomic E-state index is 0.0152. The minimum Gasteiger partial charge on any atom is -0.368 e. The average Bonchev–Trinajstić information content (AvgIpc) is 3.50. The molecular formula is C35H47N7O7S. The number of nitrogens with one attached hydrogen (secondary N) is 6. The fourth-order valence-corrected chi connectivity index (χ4v) is 5.67. The highest BCUT2D eigenvalue weighted by Crippen LogP contribution is 2.10. The number of hydrogen-bond acceptors (Lipinski definition) is 9. The van der Waals surface area contributed by atoms with Crippen molar-refractivity contribution in [1.29, 1.82) is 0 Å². The van der Waals surface area contributed by atoms with Gasteiger partial charge in [0.25, 0.3) is 0 Å². The van der Waals surface area contributed by atoms with Gasteiger partial charge in [-0.3, -0.25) is 38.9 Å². The highest BCUT2D eigenvalue weighted by atomic mass is 32.1. The monoisotopic (exact) mass is 709 g/mol. The maximum Gasteiger partial charge on any atom is 0.244 e. The third-order valence-electron chi connectivity index (χ3n) is 7.90. The molecule has 2 aromatic carbocycles. The number of nitrogens with two attached hydrogens (primary N) is 1. The van der Waals surface area contributed by atoms with Crippen LogP contribution in [-0.2, 0) is 46.4 Å². The van der Waals surface area contributed by atoms with Gasteiger partial charge >= 0.3 is 0 Å². The van der Waals surface area contributed by atoms with Gasteiger partial charge in [0.15, 0.2) is 0 Å². The van der Waals surface area contributed by atoms with Gasteiger partial charge in [-0.05, 0) is 35.6 Å². The fraction of sp³-hybridized carbons (Fsp3) is 0.457. The Morgan fingerprint density at radius 1 is 0.780 bits per heavy atom. The maximum atomic E-state index is 13.7. The summed E-state index contributed by atoms with van der Waals surface area (Å²) in [5.41, 5.74) is 6.95. The van der Waals surface area contributed by atoms with E-state index in [1.54, 1.807) is 24.3 Å². The Hall–Kier alpha value is -4.76. The molecule has 1 aliphatic heterocycles. The lowest BCUT2D eigenvalue weighted by Crippen LogP contribution is -2.58. The van der Waals surface area contributed by atoms with Gasteiger partial charge in [-0.25, -0.2) is 0 Å². The summed E-state index contributed by atoms with van der Waals surface area (Å²) in [7, 11) is 0. The van der Waals surface area contributed by atoms with Crippen molar-refractivity contribution in [2.45, 2.75) is 82.7 Å². The van der Waals surface area contributed by atoms with Crippen LogP contribution in [0.5, 0.6) is 0 Å². The van der Waals surface area contributed by atoms with Crippen LogP contribution in [0.4, 0.5) is 0 Å². The molecule has 270 valence electrons. The second-order valence-corrected chi connectivity index (χ2v) is 13.1. The van der Waals surface area contributed by atoms with E-state index in [1.807, 2.05) is 50.2 Å². The van der Waals surface area contributed by atoms with Crippen molar-refractivity contribution in [2.75, 3.05) is 12.3 Å². The Balaban J connectivity index is 1.73. The highest BCUT2D eigenvalue weighted by Gasteiger charge is 2.32. The lowest BCUT2D eigenvalue weighted by Gasteiger charge is -2.26. The van der Waals surface area contributed by atoms with Crippen molar-refractivity contribution >= 4 is 53.9 Å². The van der Waals surface area contributed by atoms with Crippen molar-refractivity contribution in [3.63, 3.8) is 0 Å². The van der Waals surface area contributed by atoms with E-state index in [4.69, 9.17) is 5.73 Å². The molecule has 0 unspecified atom stereocenters. The first-order valence-electron chi connectivity index (χ1n) is 16.6. The third-order valence-corrected chi connectivity index (χ3v) is 8.16. The zero-order valence-electron chi connectivity index (χ0n) is 28.3. The number of carbonyl (C=O) groups is 7. The smallest absolute Gasteiger partial charge is 0.244 e. The van der Waals surface area contributed by atoms with Crippen LogP contribution in [0.1, 0.15) is 50.7 Å². The summed E-state index contributed by atoms with van der Waals surface area (Å²) in [5.74, 6) is -3.73. The molecule has 14 nitrogen and oxygen atoms in total. The number of ketones is 1. The first-order valence-corrected chi connectivity index (χ1v) is 17.2. The maximum absolute atomic E-state index is 13.7. The Kier molecular flexibility index (Phi) is 15.9. The number of hydrogen-bond donors (Lipinski definition) is 8. The van der Waals surface area contributed by atoms with E-state index in [2.05, 4.69) is 44.5 Å². The molecule has 3 rings (SSSR count). The zero-order chi connectivity index (χ0) is 36.6. The van der Waals surface area contributed by atoms with E-state index in [0.29, 0.717) is 5.75 Å². The molecule has 0 bridgehead atoms. The molecule has 0 aromatic heterocycles. The molecule has 1 saturated heterocycles. The van der Waals surface area contributed by atoms with E-state index < -0.39 is 72.2 Å². The van der Waals surface area contributed by atoms with Crippen LogP contribution in [-0.4, -0.2) is 83.9 Å². The summed E-state index contributed by atoms with van der Waals surface area (Å²) < 4.78 is 0. The molecule has 15 heteroatoms. The van der Waals surface area contributed by atoms with E-state index in [9.17, 15) is 33.6 Å². The van der Waals surface area contributed by atoms with Crippen LogP contribution in [0, 0.1) is 5.92 Å². The number of thiol groups is 1. The summed E-state index contributed by atoms with van der Waals surface area (Å²) in [6.45, 7) is 3.78. The molecule has 1 fully saturated rings. The standard InChI is InChI=1S/C35H47N7O7S/c1-21(2)15-27(34(48)39-25(13-14-50)32(36)46)38-30(44)19-31(45)41-29(17-23-11-7-4-8-12-23)42-35(49)28(16-22-9-5-3-6-10-22)40-33(47)26-18-24(43)20-37-26/h3-12,21,25-29,37,50H,13-20H2,1-2H3,(H2,36,46)(H,38,44)(H,39,48)(H,40,47)(H,41,45)(H,42,49)/t25-,26-,27-,28-,29-/m0/s1. The van der Waals surface area contributed by atoms with Gasteiger partial charge in [0.05, 0.1) is 12.6 Å². The third kappa shape index (κ3) is 13.6. The quantitative estimate of drug-likeness (QED) is 0.0547. The van der Waals surface area contributed by atoms with Crippen LogP contribution < -0.4 is 37.6 Å². The van der Waals surface area contributed by atoms with Crippen molar-refractivity contribution in [3.8, 4) is 0 Å². The first kappa shape index (κ1) is 39.7. The number of rotatable bonds is 19. The lowest BCUT2D eigenvalue weighted by molar-refractivity contribution is -0.134. The number of carbonyl (C=O) groups excluding carboxylic acids is 7. The first-order chi connectivity index (χ1) is 23.8. The van der Waals surface area contributed by atoms with Crippen molar-refractivity contribution in [1.82, 2.24) is 31.9 Å². The molecular weight excluding hydrogens is 662 g/mol. The Labute approximate surface area is 297 Å². The lowest BCUT2D eigenvalue weighted by atomic mass is 10.0. The summed E-state index contributed by atoms with van der Waals surface area (Å²) in [5, 5.41) is 16.2. The summed E-state index contributed by atoms with van der Waals surface area (Å²) in [6, 6.07) is 14.3. The van der Waals surface area contributed by atoms with Crippen molar-refractivity contribution < 1.29 is 33.6 Å². The van der Waals surface area contributed by atoms with Crippen LogP contribution in [0.15, 0.2) is 60.7 Å². The number of amides is 6. The zero-order valence-corrected chi connectivity index (χ0v) is 29.2. The molecule has 0 aliphatic carbocycles. The molecule has 8 N–H and O–H groups in total.